The molecule has 16 nitrogen and oxygen atoms in total. The van der Waals surface area contributed by atoms with Crippen molar-refractivity contribution in [3.05, 3.63) is 145 Å². The number of carbonyl (C=O) groups is 6. The number of aliphatic hydroxyl groups excluding tert-OH is 1. The van der Waals surface area contributed by atoms with Crippen molar-refractivity contribution >= 4 is 47.7 Å². The molecule has 2 fully saturated rings. The van der Waals surface area contributed by atoms with Gasteiger partial charge in [-0.25, -0.2) is 9.59 Å². The third-order valence-electron chi connectivity index (χ3n) is 14.5. The minimum atomic E-state index is -0.513. The second-order valence-corrected chi connectivity index (χ2v) is 20.3. The van der Waals surface area contributed by atoms with E-state index in [-0.39, 0.29) is 34.8 Å². The van der Waals surface area contributed by atoms with Gasteiger partial charge in [-0.2, -0.15) is 0 Å². The van der Waals surface area contributed by atoms with E-state index < -0.39 is 47.5 Å². The molecule has 0 amide bonds. The third kappa shape index (κ3) is 18.5. The molecule has 7 rings (SSSR count). The Hall–Kier alpha value is -8.14. The molecular weight excluding hydrogens is 1020 g/mol. The fourth-order valence-corrected chi connectivity index (χ4v) is 9.77. The zero-order chi connectivity index (χ0) is 56.6. The van der Waals surface area contributed by atoms with Crippen molar-refractivity contribution in [1.82, 2.24) is 4.90 Å². The number of nitrogens with zero attached hydrogens (tertiary/aromatic N) is 1. The molecule has 1 N–H and O–H groups in total. The summed E-state index contributed by atoms with van der Waals surface area (Å²) in [4.78, 5) is 78.0. The van der Waals surface area contributed by atoms with Gasteiger partial charge >= 0.3 is 35.8 Å². The highest BCUT2D eigenvalue weighted by molar-refractivity contribution is 5.82. The third-order valence-corrected chi connectivity index (χ3v) is 14.5. The van der Waals surface area contributed by atoms with Crippen molar-refractivity contribution in [3.8, 4) is 34.5 Å². The Bertz CT molecular complexity index is 2820. The van der Waals surface area contributed by atoms with Gasteiger partial charge in [-0.05, 0) is 187 Å². The van der Waals surface area contributed by atoms with E-state index >= 15 is 0 Å². The lowest BCUT2D eigenvalue weighted by molar-refractivity contribution is -0.145. The number of allylic oxidation sites excluding steroid dienone is 1. The zero-order valence-corrected chi connectivity index (χ0v) is 45.7. The van der Waals surface area contributed by atoms with Crippen LogP contribution in [0.15, 0.2) is 128 Å². The van der Waals surface area contributed by atoms with Crippen LogP contribution in [0.4, 0.5) is 0 Å². The molecule has 0 radical (unpaired) electrons. The normalized spacial score (nSPS) is 17.6. The molecule has 0 heterocycles. The minimum Gasteiger partial charge on any atom is -0.506 e. The maximum Gasteiger partial charge on any atom is 0.330 e. The predicted molar refractivity (Wildman–Crippen MR) is 299 cm³/mol. The van der Waals surface area contributed by atoms with E-state index in [1.54, 1.807) is 53.4 Å². The maximum atomic E-state index is 13.8. The number of unbranched alkanes of at least 4 members (excludes halogenated alkanes) is 6. The van der Waals surface area contributed by atoms with E-state index in [4.69, 9.17) is 37.9 Å². The standard InChI is InChI=1S/C64H73NO15/c1-4-59(67)75-38-14-8-6-12-36-73-51-26-30-53(31-27-51)77-61(69)44-18-20-46(21-19-44)63(71)79-55-34-35-58(56(42-55)57(66)43-65(3)50-40-48-16-10-11-17-49(48)41-50)80-64(72)47-24-22-45(23-25-47)62(70)78-54-32-28-52(29-33-54)74-37-13-7-9-15-39-76-60(68)5-2/h4-5,10-11,16-17,26-35,40,42-47,66H,1-2,6-9,12-15,18-25,36-39,41H2,3H3/b57-43-. The number of benzene rings is 4. The average Bonchev–Trinajstić information content (AvgIpc) is 3.94. The molecule has 0 aromatic heterocycles. The summed E-state index contributed by atoms with van der Waals surface area (Å²) in [6.45, 7) is 8.55. The first-order valence-electron chi connectivity index (χ1n) is 27.8. The second kappa shape index (κ2) is 30.9. The van der Waals surface area contributed by atoms with Gasteiger partial charge in [0.1, 0.15) is 40.3 Å². The summed E-state index contributed by atoms with van der Waals surface area (Å²) < 4.78 is 45.0. The second-order valence-electron chi connectivity index (χ2n) is 20.3. The van der Waals surface area contributed by atoms with Crippen LogP contribution in [0.25, 0.3) is 11.8 Å². The summed E-state index contributed by atoms with van der Waals surface area (Å²) in [6, 6.07) is 26.3. The van der Waals surface area contributed by atoms with Crippen LogP contribution in [-0.2, 0) is 44.7 Å². The summed E-state index contributed by atoms with van der Waals surface area (Å²) in [5.41, 5.74) is 3.32. The quantitative estimate of drug-likeness (QED) is 0.0177. The van der Waals surface area contributed by atoms with Crippen molar-refractivity contribution < 1.29 is 71.8 Å². The molecule has 0 aliphatic heterocycles. The SMILES string of the molecule is C=CC(=O)OCCCCCCOc1ccc(OC(=O)C2CCC(C(=O)Oc3ccc(OC(=O)C4CCC(C(=O)Oc5ccc(OCCCCCCOC(=O)C=C)cc5)CC4)c(/C(O)=C/N(C)C4=Cc5ccccc5C4)c3)CC2)cc1. The lowest BCUT2D eigenvalue weighted by Gasteiger charge is -2.26. The van der Waals surface area contributed by atoms with Gasteiger partial charge < -0.3 is 47.9 Å². The molecule has 0 spiro atoms. The Morgan fingerprint density at radius 2 is 0.912 bits per heavy atom. The highest BCUT2D eigenvalue weighted by atomic mass is 16.6. The van der Waals surface area contributed by atoms with Crippen LogP contribution >= 0.6 is 0 Å². The highest BCUT2D eigenvalue weighted by Crippen LogP contribution is 2.37. The molecule has 16 heteroatoms. The van der Waals surface area contributed by atoms with E-state index in [2.05, 4.69) is 19.2 Å². The Kier molecular flexibility index (Phi) is 23.0. The van der Waals surface area contributed by atoms with Crippen molar-refractivity contribution in [2.45, 2.75) is 109 Å². The molecule has 80 heavy (non-hydrogen) atoms. The van der Waals surface area contributed by atoms with Gasteiger partial charge in [0.25, 0.3) is 0 Å². The van der Waals surface area contributed by atoms with Gasteiger partial charge in [-0.3, -0.25) is 19.2 Å². The van der Waals surface area contributed by atoms with Crippen LogP contribution in [0.1, 0.15) is 119 Å². The number of hydrogen-bond acceptors (Lipinski definition) is 16. The van der Waals surface area contributed by atoms with Crippen molar-refractivity contribution in [1.29, 1.82) is 0 Å². The van der Waals surface area contributed by atoms with Crippen LogP contribution in [0.2, 0.25) is 0 Å². The van der Waals surface area contributed by atoms with E-state index in [1.165, 1.54) is 24.4 Å². The van der Waals surface area contributed by atoms with Crippen LogP contribution in [-0.4, -0.2) is 79.3 Å². The van der Waals surface area contributed by atoms with E-state index in [0.29, 0.717) is 107 Å². The topological polar surface area (TPSA) is 200 Å². The number of ether oxygens (including phenoxy) is 8. The van der Waals surface area contributed by atoms with E-state index in [9.17, 15) is 33.9 Å². The Labute approximate surface area is 468 Å². The van der Waals surface area contributed by atoms with Crippen LogP contribution < -0.4 is 28.4 Å². The molecular formula is C64H73NO15. The van der Waals surface area contributed by atoms with Gasteiger partial charge in [-0.15, -0.1) is 0 Å². The number of likely N-dealkylation sites (N-methyl/N-ethyl adjacent to an activating group) is 1. The van der Waals surface area contributed by atoms with Gasteiger partial charge in [0.05, 0.1) is 55.7 Å². The summed E-state index contributed by atoms with van der Waals surface area (Å²) in [5.74, 6) is -2.25. The summed E-state index contributed by atoms with van der Waals surface area (Å²) in [6.07, 6.45) is 16.7. The number of carbonyl (C=O) groups excluding carboxylic acids is 6. The molecule has 4 aromatic carbocycles. The van der Waals surface area contributed by atoms with E-state index in [1.807, 2.05) is 31.3 Å². The van der Waals surface area contributed by atoms with Crippen molar-refractivity contribution in [2.75, 3.05) is 33.5 Å². The molecule has 0 bridgehead atoms. The first kappa shape index (κ1) is 59.5. The van der Waals surface area contributed by atoms with Crippen LogP contribution in [0, 0.1) is 23.7 Å². The molecule has 0 unspecified atom stereocenters. The van der Waals surface area contributed by atoms with Gasteiger partial charge in [0.2, 0.25) is 0 Å². The summed E-state index contributed by atoms with van der Waals surface area (Å²) >= 11 is 0. The monoisotopic (exact) mass is 1100 g/mol. The molecule has 2 saturated carbocycles. The van der Waals surface area contributed by atoms with E-state index in [0.717, 1.165) is 80.3 Å². The number of rotatable bonds is 29. The molecule has 0 saturated heterocycles. The van der Waals surface area contributed by atoms with Gasteiger partial charge in [0.15, 0.2) is 0 Å². The smallest absolute Gasteiger partial charge is 0.330 e. The Morgan fingerprint density at radius 1 is 0.512 bits per heavy atom. The number of fused-ring (bicyclic) bond motifs is 1. The molecule has 3 aliphatic carbocycles. The fraction of sp³-hybridized carbons (Fsp3) is 0.406. The first-order valence-corrected chi connectivity index (χ1v) is 27.8. The number of aliphatic hydroxyl groups is 1. The van der Waals surface area contributed by atoms with Crippen molar-refractivity contribution in [3.63, 3.8) is 0 Å². The van der Waals surface area contributed by atoms with Gasteiger partial charge in [-0.1, -0.05) is 37.4 Å². The van der Waals surface area contributed by atoms with Crippen molar-refractivity contribution in [2.24, 2.45) is 23.7 Å². The first-order chi connectivity index (χ1) is 38.8. The number of hydrogen-bond donors (Lipinski definition) is 1. The summed E-state index contributed by atoms with van der Waals surface area (Å²) in [5, 5.41) is 11.7. The number of esters is 6. The molecule has 424 valence electrons. The largest absolute Gasteiger partial charge is 0.506 e. The fourth-order valence-electron chi connectivity index (χ4n) is 9.77. The van der Waals surface area contributed by atoms with Crippen LogP contribution in [0.3, 0.4) is 0 Å². The Morgan fingerprint density at radius 3 is 1.36 bits per heavy atom. The van der Waals surface area contributed by atoms with Gasteiger partial charge in [0, 0.05) is 37.5 Å². The molecule has 4 aromatic rings. The predicted octanol–water partition coefficient (Wildman–Crippen LogP) is 12.0. The lowest BCUT2D eigenvalue weighted by Crippen LogP contribution is -2.30. The molecule has 3 aliphatic rings. The zero-order valence-electron chi connectivity index (χ0n) is 45.7. The lowest BCUT2D eigenvalue weighted by atomic mass is 9.82. The summed E-state index contributed by atoms with van der Waals surface area (Å²) in [7, 11) is 1.82. The maximum absolute atomic E-state index is 13.8. The highest BCUT2D eigenvalue weighted by Gasteiger charge is 2.34. The minimum absolute atomic E-state index is 0.0773. The van der Waals surface area contributed by atoms with Crippen LogP contribution in [0.5, 0.6) is 34.5 Å². The molecule has 0 atom stereocenters. The Balaban J connectivity index is 0.877. The average molecular weight is 1100 g/mol.